The van der Waals surface area contributed by atoms with E-state index >= 15 is 0 Å². The lowest BCUT2D eigenvalue weighted by atomic mass is 10.0. The van der Waals surface area contributed by atoms with Gasteiger partial charge in [-0.1, -0.05) is 0 Å². The Labute approximate surface area is 140 Å². The van der Waals surface area contributed by atoms with E-state index in [4.69, 9.17) is 9.47 Å². The van der Waals surface area contributed by atoms with Crippen LogP contribution in [0.2, 0.25) is 0 Å². The predicted octanol–water partition coefficient (Wildman–Crippen LogP) is 2.45. The Morgan fingerprint density at radius 1 is 1.25 bits per heavy atom. The number of aryl methyl sites for hydroxylation is 1. The number of urea groups is 1. The second-order valence-corrected chi connectivity index (χ2v) is 5.61. The molecule has 3 heterocycles. The molecule has 0 radical (unpaired) electrons. The monoisotopic (exact) mass is 328 g/mol. The second-order valence-electron chi connectivity index (χ2n) is 5.61. The fraction of sp³-hybridized carbons (Fsp3) is 0.353. The summed E-state index contributed by atoms with van der Waals surface area (Å²) < 4.78 is 10.8. The number of hydrogen-bond acceptors (Lipinski definition) is 5. The minimum absolute atomic E-state index is 0.112. The van der Waals surface area contributed by atoms with Crippen LogP contribution in [-0.4, -0.2) is 35.8 Å². The summed E-state index contributed by atoms with van der Waals surface area (Å²) in [5.41, 5.74) is 2.47. The first-order valence-electron chi connectivity index (χ1n) is 7.77. The van der Waals surface area contributed by atoms with Crippen molar-refractivity contribution in [3.05, 3.63) is 47.9 Å². The lowest BCUT2D eigenvalue weighted by Crippen LogP contribution is -2.39. The minimum atomic E-state index is -0.275. The van der Waals surface area contributed by atoms with Crippen LogP contribution in [0.5, 0.6) is 5.88 Å². The van der Waals surface area contributed by atoms with Gasteiger partial charge in [0.15, 0.2) is 0 Å². The van der Waals surface area contributed by atoms with E-state index in [1.54, 1.807) is 25.6 Å². The molecule has 2 atom stereocenters. The van der Waals surface area contributed by atoms with Crippen molar-refractivity contribution < 1.29 is 14.3 Å². The molecule has 2 amide bonds. The summed E-state index contributed by atoms with van der Waals surface area (Å²) >= 11 is 0. The highest BCUT2D eigenvalue weighted by atomic mass is 16.5. The molecule has 1 fully saturated rings. The minimum Gasteiger partial charge on any atom is -0.481 e. The van der Waals surface area contributed by atoms with Gasteiger partial charge < -0.3 is 20.1 Å². The summed E-state index contributed by atoms with van der Waals surface area (Å²) in [5, 5.41) is 5.74. The number of hydrogen-bond donors (Lipinski definition) is 2. The molecule has 7 nitrogen and oxygen atoms in total. The van der Waals surface area contributed by atoms with Crippen LogP contribution in [0.15, 0.2) is 36.7 Å². The van der Waals surface area contributed by atoms with E-state index in [-0.39, 0.29) is 18.2 Å². The van der Waals surface area contributed by atoms with Gasteiger partial charge in [0, 0.05) is 30.1 Å². The van der Waals surface area contributed by atoms with Crippen molar-refractivity contribution in [2.45, 2.75) is 25.5 Å². The Kier molecular flexibility index (Phi) is 4.90. The van der Waals surface area contributed by atoms with Crippen molar-refractivity contribution in [3.8, 4) is 5.88 Å². The van der Waals surface area contributed by atoms with Crippen LogP contribution in [-0.2, 0) is 4.74 Å². The fourth-order valence-electron chi connectivity index (χ4n) is 2.62. The van der Waals surface area contributed by atoms with Crippen LogP contribution in [0.4, 0.5) is 10.5 Å². The first kappa shape index (κ1) is 16.2. The average Bonchev–Trinajstić information content (AvgIpc) is 3.05. The summed E-state index contributed by atoms with van der Waals surface area (Å²) in [4.78, 5) is 20.5. The quantitative estimate of drug-likeness (QED) is 0.900. The highest BCUT2D eigenvalue weighted by molar-refractivity contribution is 5.89. The lowest BCUT2D eigenvalue weighted by molar-refractivity contribution is 0.100. The van der Waals surface area contributed by atoms with Crippen LogP contribution in [0, 0.1) is 6.92 Å². The molecule has 1 saturated heterocycles. The molecule has 0 unspecified atom stereocenters. The first-order chi connectivity index (χ1) is 11.7. The molecule has 2 aromatic heterocycles. The van der Waals surface area contributed by atoms with E-state index in [0.717, 1.165) is 17.7 Å². The maximum Gasteiger partial charge on any atom is 0.319 e. The van der Waals surface area contributed by atoms with Gasteiger partial charge in [-0.3, -0.25) is 4.98 Å². The predicted molar refractivity (Wildman–Crippen MR) is 89.0 cm³/mol. The largest absolute Gasteiger partial charge is 0.481 e. The Balaban J connectivity index is 1.62. The molecule has 2 N–H and O–H groups in total. The molecule has 126 valence electrons. The highest BCUT2D eigenvalue weighted by Crippen LogP contribution is 2.29. The number of pyridine rings is 2. The summed E-state index contributed by atoms with van der Waals surface area (Å²) in [6.07, 6.45) is 3.87. The number of methoxy groups -OCH3 is 1. The number of amides is 2. The standard InChI is InChI=1S/C17H20N4O3/c1-11-3-5-13(10-18-11)20-17(22)21-14-7-8-24-16(14)12-4-6-15(23-2)19-9-12/h3-6,9-10,14,16H,7-8H2,1-2H3,(H2,20,21,22)/t14-,16+/m0/s1. The Bertz CT molecular complexity index is 688. The van der Waals surface area contributed by atoms with Gasteiger partial charge in [-0.05, 0) is 31.5 Å². The summed E-state index contributed by atoms with van der Waals surface area (Å²) in [5.74, 6) is 0.547. The molecular formula is C17H20N4O3. The van der Waals surface area contributed by atoms with Gasteiger partial charge in [0.25, 0.3) is 0 Å². The van der Waals surface area contributed by atoms with Crippen molar-refractivity contribution in [1.82, 2.24) is 15.3 Å². The van der Waals surface area contributed by atoms with Gasteiger partial charge in [-0.2, -0.15) is 0 Å². The number of anilines is 1. The van der Waals surface area contributed by atoms with E-state index in [0.29, 0.717) is 18.2 Å². The zero-order valence-electron chi connectivity index (χ0n) is 13.7. The molecule has 1 aliphatic rings. The normalized spacial score (nSPS) is 19.8. The van der Waals surface area contributed by atoms with Gasteiger partial charge >= 0.3 is 6.03 Å². The number of carbonyl (C=O) groups is 1. The number of carbonyl (C=O) groups excluding carboxylic acids is 1. The van der Waals surface area contributed by atoms with E-state index in [1.165, 1.54) is 0 Å². The van der Waals surface area contributed by atoms with E-state index in [2.05, 4.69) is 20.6 Å². The number of ether oxygens (including phenoxy) is 2. The van der Waals surface area contributed by atoms with Crippen molar-refractivity contribution in [2.75, 3.05) is 19.0 Å². The van der Waals surface area contributed by atoms with Gasteiger partial charge in [0.05, 0.1) is 25.0 Å². The maximum atomic E-state index is 12.2. The van der Waals surface area contributed by atoms with Crippen molar-refractivity contribution >= 4 is 11.7 Å². The fourth-order valence-corrected chi connectivity index (χ4v) is 2.62. The average molecular weight is 328 g/mol. The van der Waals surface area contributed by atoms with Crippen LogP contribution in [0.1, 0.15) is 23.8 Å². The van der Waals surface area contributed by atoms with Gasteiger partial charge in [0.2, 0.25) is 5.88 Å². The van der Waals surface area contributed by atoms with E-state index in [1.807, 2.05) is 25.1 Å². The SMILES string of the molecule is COc1ccc([C@H]2OCC[C@@H]2NC(=O)Nc2ccc(C)nc2)cn1. The lowest BCUT2D eigenvalue weighted by Gasteiger charge is -2.20. The number of aromatic nitrogens is 2. The molecular weight excluding hydrogens is 308 g/mol. The van der Waals surface area contributed by atoms with Crippen LogP contribution >= 0.6 is 0 Å². The molecule has 2 aromatic rings. The van der Waals surface area contributed by atoms with E-state index < -0.39 is 0 Å². The van der Waals surface area contributed by atoms with E-state index in [9.17, 15) is 4.79 Å². The van der Waals surface area contributed by atoms with Crippen LogP contribution < -0.4 is 15.4 Å². The molecule has 0 aliphatic carbocycles. The van der Waals surface area contributed by atoms with Crippen molar-refractivity contribution in [3.63, 3.8) is 0 Å². The van der Waals surface area contributed by atoms with Crippen LogP contribution in [0.25, 0.3) is 0 Å². The van der Waals surface area contributed by atoms with Gasteiger partial charge in [-0.15, -0.1) is 0 Å². The zero-order valence-corrected chi connectivity index (χ0v) is 13.7. The molecule has 0 saturated carbocycles. The summed E-state index contributed by atoms with van der Waals surface area (Å²) in [7, 11) is 1.57. The number of nitrogens with zero attached hydrogens (tertiary/aromatic N) is 2. The molecule has 24 heavy (non-hydrogen) atoms. The second kappa shape index (κ2) is 7.27. The topological polar surface area (TPSA) is 85.4 Å². The Morgan fingerprint density at radius 3 is 2.79 bits per heavy atom. The smallest absolute Gasteiger partial charge is 0.319 e. The number of rotatable bonds is 4. The van der Waals surface area contributed by atoms with Crippen molar-refractivity contribution in [2.24, 2.45) is 0 Å². The Morgan fingerprint density at radius 2 is 2.12 bits per heavy atom. The molecule has 3 rings (SSSR count). The highest BCUT2D eigenvalue weighted by Gasteiger charge is 2.31. The van der Waals surface area contributed by atoms with Crippen LogP contribution in [0.3, 0.4) is 0 Å². The molecule has 0 spiro atoms. The van der Waals surface area contributed by atoms with Gasteiger partial charge in [0.1, 0.15) is 6.10 Å². The summed E-state index contributed by atoms with van der Waals surface area (Å²) in [6, 6.07) is 6.96. The molecule has 1 aliphatic heterocycles. The molecule has 0 bridgehead atoms. The van der Waals surface area contributed by atoms with Crippen molar-refractivity contribution in [1.29, 1.82) is 0 Å². The molecule has 0 aromatic carbocycles. The summed E-state index contributed by atoms with van der Waals surface area (Å²) in [6.45, 7) is 2.49. The zero-order chi connectivity index (χ0) is 16.9. The third-order valence-electron chi connectivity index (χ3n) is 3.87. The molecule has 7 heteroatoms. The first-order valence-corrected chi connectivity index (χ1v) is 7.77. The third kappa shape index (κ3) is 3.80. The maximum absolute atomic E-state index is 12.2. The number of nitrogens with one attached hydrogen (secondary N) is 2. The Hall–Kier alpha value is -2.67. The third-order valence-corrected chi connectivity index (χ3v) is 3.87. The van der Waals surface area contributed by atoms with Gasteiger partial charge in [-0.25, -0.2) is 9.78 Å².